The zero-order chi connectivity index (χ0) is 27.3. The van der Waals surface area contributed by atoms with Gasteiger partial charge in [0.1, 0.15) is 5.60 Å². The number of piperidine rings is 1. The van der Waals surface area contributed by atoms with E-state index < -0.39 is 11.7 Å². The molecule has 2 aromatic carbocycles. The molecule has 3 heterocycles. The van der Waals surface area contributed by atoms with Gasteiger partial charge in [0, 0.05) is 30.4 Å². The third kappa shape index (κ3) is 6.16. The van der Waals surface area contributed by atoms with Crippen molar-refractivity contribution < 1.29 is 14.3 Å². The lowest BCUT2D eigenvalue weighted by atomic mass is 10.0. The molecule has 0 atom stereocenters. The van der Waals surface area contributed by atoms with E-state index in [1.807, 2.05) is 75.9 Å². The van der Waals surface area contributed by atoms with Crippen LogP contribution in [0.15, 0.2) is 48.5 Å². The van der Waals surface area contributed by atoms with Crippen LogP contribution in [0.25, 0.3) is 16.7 Å². The molecule has 0 unspecified atom stereocenters. The first-order valence-electron chi connectivity index (χ1n) is 12.9. The molecule has 2 amide bonds. The smallest absolute Gasteiger partial charge is 0.407 e. The van der Waals surface area contributed by atoms with Gasteiger partial charge >= 0.3 is 6.09 Å². The second-order valence-electron chi connectivity index (χ2n) is 9.78. The molecule has 11 heteroatoms. The Bertz CT molecular complexity index is 1400. The molecule has 5 rings (SSSR count). The first kappa shape index (κ1) is 26.8. The van der Waals surface area contributed by atoms with Gasteiger partial charge in [-0.3, -0.25) is 4.79 Å². The van der Waals surface area contributed by atoms with Gasteiger partial charge in [0.2, 0.25) is 5.65 Å². The van der Waals surface area contributed by atoms with Crippen molar-refractivity contribution in [2.45, 2.75) is 59.1 Å². The van der Waals surface area contributed by atoms with Gasteiger partial charge < -0.3 is 20.3 Å². The van der Waals surface area contributed by atoms with Crippen LogP contribution >= 0.6 is 0 Å². The normalized spacial score (nSPS) is 14.1. The highest BCUT2D eigenvalue weighted by Gasteiger charge is 2.26. The number of rotatable bonds is 4. The Morgan fingerprint density at radius 2 is 1.68 bits per heavy atom. The summed E-state index contributed by atoms with van der Waals surface area (Å²) in [4.78, 5) is 31.5. The Labute approximate surface area is 221 Å². The molecule has 0 bridgehead atoms. The monoisotopic (exact) mass is 518 g/mol. The number of tetrazole rings is 1. The molecule has 1 aliphatic heterocycles. The van der Waals surface area contributed by atoms with Crippen molar-refractivity contribution in [1.29, 1.82) is 0 Å². The number of aromatic nitrogens is 5. The minimum Gasteiger partial charge on any atom is -0.444 e. The Morgan fingerprint density at radius 3 is 2.37 bits per heavy atom. The summed E-state index contributed by atoms with van der Waals surface area (Å²) >= 11 is 0. The second-order valence-corrected chi connectivity index (χ2v) is 9.78. The SMILES string of the molecule is CC.CC(C)(C)OC(=O)NC1CCN(C(=O)c2ccc(Nc3nc4ccccc4n4nnnc34)cc2)CC1. The van der Waals surface area contributed by atoms with Crippen LogP contribution in [0.1, 0.15) is 57.8 Å². The summed E-state index contributed by atoms with van der Waals surface area (Å²) in [6, 6.07) is 14.9. The fourth-order valence-corrected chi connectivity index (χ4v) is 4.21. The molecule has 0 radical (unpaired) electrons. The van der Waals surface area contributed by atoms with Crippen LogP contribution in [0, 0.1) is 0 Å². The number of fused-ring (bicyclic) bond motifs is 3. The number of carbonyl (C=O) groups excluding carboxylic acids is 2. The van der Waals surface area contributed by atoms with Crippen LogP contribution in [0.3, 0.4) is 0 Å². The summed E-state index contributed by atoms with van der Waals surface area (Å²) in [5.74, 6) is 0.488. The van der Waals surface area contributed by atoms with Gasteiger partial charge in [-0.05, 0) is 80.4 Å². The van der Waals surface area contributed by atoms with E-state index in [4.69, 9.17) is 4.74 Å². The minimum atomic E-state index is -0.537. The van der Waals surface area contributed by atoms with Crippen LogP contribution in [0.2, 0.25) is 0 Å². The van der Waals surface area contributed by atoms with E-state index in [9.17, 15) is 9.59 Å². The summed E-state index contributed by atoms with van der Waals surface area (Å²) in [5, 5.41) is 18.1. The minimum absolute atomic E-state index is 0.00610. The predicted molar refractivity (Wildman–Crippen MR) is 145 cm³/mol. The van der Waals surface area contributed by atoms with Crippen molar-refractivity contribution in [3.05, 3.63) is 54.1 Å². The van der Waals surface area contributed by atoms with E-state index in [0.717, 1.165) is 16.7 Å². The van der Waals surface area contributed by atoms with Crippen LogP contribution in [-0.4, -0.2) is 66.7 Å². The number of hydrogen-bond acceptors (Lipinski definition) is 8. The van der Waals surface area contributed by atoms with Crippen LogP contribution in [0.5, 0.6) is 0 Å². The van der Waals surface area contributed by atoms with E-state index >= 15 is 0 Å². The molecule has 1 saturated heterocycles. The van der Waals surface area contributed by atoms with E-state index in [2.05, 4.69) is 31.1 Å². The maximum Gasteiger partial charge on any atom is 0.407 e. The van der Waals surface area contributed by atoms with Crippen LogP contribution in [0.4, 0.5) is 16.3 Å². The fraction of sp³-hybridized carbons (Fsp3) is 0.407. The number of alkyl carbamates (subject to hydrolysis) is 1. The molecule has 4 aromatic rings. The maximum absolute atomic E-state index is 13.0. The summed E-state index contributed by atoms with van der Waals surface area (Å²) in [6.07, 6.45) is 0.942. The second kappa shape index (κ2) is 11.4. The van der Waals surface area contributed by atoms with Crippen LogP contribution < -0.4 is 10.6 Å². The summed E-state index contributed by atoms with van der Waals surface area (Å²) in [6.45, 7) is 10.6. The Balaban J connectivity index is 0.00000164. The molecule has 0 aliphatic carbocycles. The van der Waals surface area contributed by atoms with E-state index in [1.165, 1.54) is 0 Å². The highest BCUT2D eigenvalue weighted by molar-refractivity contribution is 5.95. The largest absolute Gasteiger partial charge is 0.444 e. The fourth-order valence-electron chi connectivity index (χ4n) is 4.21. The lowest BCUT2D eigenvalue weighted by Gasteiger charge is -2.33. The van der Waals surface area contributed by atoms with Crippen molar-refractivity contribution in [2.24, 2.45) is 0 Å². The first-order valence-corrected chi connectivity index (χ1v) is 12.9. The number of anilines is 2. The summed E-state index contributed by atoms with van der Waals surface area (Å²) in [7, 11) is 0. The number of amides is 2. The van der Waals surface area contributed by atoms with Gasteiger partial charge in [-0.15, -0.1) is 5.10 Å². The van der Waals surface area contributed by atoms with Crippen molar-refractivity contribution >= 4 is 40.2 Å². The molecular formula is C27H34N8O3. The van der Waals surface area contributed by atoms with Gasteiger partial charge in [-0.2, -0.15) is 4.52 Å². The molecule has 0 saturated carbocycles. The summed E-state index contributed by atoms with van der Waals surface area (Å²) in [5.41, 5.74) is 2.91. The number of carbonyl (C=O) groups is 2. The molecule has 0 spiro atoms. The number of benzene rings is 2. The number of ether oxygens (including phenoxy) is 1. The quantitative estimate of drug-likeness (QED) is 0.402. The molecular weight excluding hydrogens is 484 g/mol. The average Bonchev–Trinajstić information content (AvgIpc) is 3.40. The van der Waals surface area contributed by atoms with Gasteiger partial charge in [0.05, 0.1) is 11.0 Å². The van der Waals surface area contributed by atoms with Crippen molar-refractivity contribution in [3.8, 4) is 0 Å². The molecule has 1 fully saturated rings. The lowest BCUT2D eigenvalue weighted by molar-refractivity contribution is 0.0473. The topological polar surface area (TPSA) is 127 Å². The first-order chi connectivity index (χ1) is 18.3. The highest BCUT2D eigenvalue weighted by Crippen LogP contribution is 2.23. The van der Waals surface area contributed by atoms with Crippen molar-refractivity contribution in [1.82, 2.24) is 35.2 Å². The molecule has 11 nitrogen and oxygen atoms in total. The highest BCUT2D eigenvalue weighted by atomic mass is 16.6. The third-order valence-corrected chi connectivity index (χ3v) is 5.92. The molecule has 2 N–H and O–H groups in total. The number of nitrogens with zero attached hydrogens (tertiary/aromatic N) is 6. The Hall–Kier alpha value is -4.28. The van der Waals surface area contributed by atoms with Gasteiger partial charge in [0.15, 0.2) is 5.82 Å². The zero-order valence-electron chi connectivity index (χ0n) is 22.4. The van der Waals surface area contributed by atoms with Gasteiger partial charge in [-0.25, -0.2) is 9.78 Å². The molecule has 2 aromatic heterocycles. The maximum atomic E-state index is 13.0. The van der Waals surface area contributed by atoms with Crippen molar-refractivity contribution in [3.63, 3.8) is 0 Å². The van der Waals surface area contributed by atoms with E-state index in [0.29, 0.717) is 43.0 Å². The zero-order valence-corrected chi connectivity index (χ0v) is 22.4. The predicted octanol–water partition coefficient (Wildman–Crippen LogP) is 4.57. The van der Waals surface area contributed by atoms with Gasteiger partial charge in [-0.1, -0.05) is 26.0 Å². The average molecular weight is 519 g/mol. The third-order valence-electron chi connectivity index (χ3n) is 5.92. The number of likely N-dealkylation sites (tertiary alicyclic amines) is 1. The number of nitrogens with one attached hydrogen (secondary N) is 2. The Kier molecular flexibility index (Phi) is 8.04. The summed E-state index contributed by atoms with van der Waals surface area (Å²) < 4.78 is 6.97. The molecule has 200 valence electrons. The molecule has 38 heavy (non-hydrogen) atoms. The number of hydrogen-bond donors (Lipinski definition) is 2. The standard InChI is InChI=1S/C25H28N8O3.C2H6/c1-25(2,3)36-24(35)27-18-12-14-32(15-13-18)23(34)16-8-10-17(11-9-16)26-21-22-29-30-31-33(22)20-7-5-4-6-19(20)28-21;1-2/h4-11,18H,12-15H2,1-3H3,(H,26,28)(H,27,35);1-2H3. The Morgan fingerprint density at radius 1 is 1.00 bits per heavy atom. The lowest BCUT2D eigenvalue weighted by Crippen LogP contribution is -2.47. The van der Waals surface area contributed by atoms with Gasteiger partial charge in [0.25, 0.3) is 5.91 Å². The van der Waals surface area contributed by atoms with E-state index in [-0.39, 0.29) is 11.9 Å². The van der Waals surface area contributed by atoms with Crippen LogP contribution in [-0.2, 0) is 4.74 Å². The van der Waals surface area contributed by atoms with Crippen molar-refractivity contribution in [2.75, 3.05) is 18.4 Å². The molecule has 1 aliphatic rings. The number of para-hydroxylation sites is 2. The van der Waals surface area contributed by atoms with E-state index in [1.54, 1.807) is 16.6 Å².